The fourth-order valence-corrected chi connectivity index (χ4v) is 2.84. The smallest absolute Gasteiger partial charge is 0.139 e. The average Bonchev–Trinajstić information content (AvgIpc) is 2.50. The Morgan fingerprint density at radius 2 is 1.92 bits per heavy atom. The van der Waals surface area contributed by atoms with Crippen LogP contribution in [0.2, 0.25) is 0 Å². The van der Waals surface area contributed by atoms with Crippen LogP contribution in [-0.4, -0.2) is 11.6 Å². The van der Waals surface area contributed by atoms with Gasteiger partial charge in [-0.05, 0) is 25.7 Å². The van der Waals surface area contributed by atoms with E-state index in [2.05, 4.69) is 6.92 Å². The summed E-state index contributed by atoms with van der Waals surface area (Å²) in [5.41, 5.74) is 0. The number of fused-ring (bicyclic) bond motifs is 1. The first-order valence-electron chi connectivity index (χ1n) is 5.30. The minimum absolute atomic E-state index is 0.103. The number of hydrogen-bond acceptors (Lipinski definition) is 2. The number of carbonyl (C=O) groups is 2. The van der Waals surface area contributed by atoms with E-state index < -0.39 is 0 Å². The van der Waals surface area contributed by atoms with Crippen LogP contribution < -0.4 is 0 Å². The molecule has 2 rings (SSSR count). The standard InChI is InChI=1S/C11H16O2/c1-2-7-3-4-8-9(11(7)13)5-6-10(8)12/h7-9H,2-6H2,1H3. The first-order chi connectivity index (χ1) is 6.24. The molecule has 13 heavy (non-hydrogen) atoms. The molecule has 0 saturated heterocycles. The van der Waals surface area contributed by atoms with Gasteiger partial charge in [-0.25, -0.2) is 0 Å². The van der Waals surface area contributed by atoms with Gasteiger partial charge < -0.3 is 0 Å². The molecule has 0 aromatic heterocycles. The highest BCUT2D eigenvalue weighted by atomic mass is 16.1. The maximum absolute atomic E-state index is 11.8. The molecule has 0 spiro atoms. The zero-order valence-electron chi connectivity index (χ0n) is 8.08. The summed E-state index contributed by atoms with van der Waals surface area (Å²) in [6.07, 6.45) is 4.35. The number of Topliss-reactive ketones (excluding diaryl/α,β-unsaturated/α-hetero) is 2. The summed E-state index contributed by atoms with van der Waals surface area (Å²) in [7, 11) is 0. The van der Waals surface area contributed by atoms with Crippen LogP contribution in [0.4, 0.5) is 0 Å². The van der Waals surface area contributed by atoms with Crippen LogP contribution >= 0.6 is 0 Å². The molecule has 0 aromatic rings. The normalized spacial score (nSPS) is 39.3. The van der Waals surface area contributed by atoms with Crippen molar-refractivity contribution in [1.82, 2.24) is 0 Å². The maximum atomic E-state index is 11.8. The van der Waals surface area contributed by atoms with E-state index in [9.17, 15) is 9.59 Å². The van der Waals surface area contributed by atoms with E-state index in [1.807, 2.05) is 0 Å². The van der Waals surface area contributed by atoms with Gasteiger partial charge in [-0.2, -0.15) is 0 Å². The molecule has 72 valence electrons. The zero-order chi connectivity index (χ0) is 9.42. The molecule has 0 N–H and O–H groups in total. The summed E-state index contributed by atoms with van der Waals surface area (Å²) in [6, 6.07) is 0. The third-order valence-electron chi connectivity index (χ3n) is 3.69. The highest BCUT2D eigenvalue weighted by molar-refractivity contribution is 5.95. The molecule has 2 heteroatoms. The quantitative estimate of drug-likeness (QED) is 0.618. The number of carbonyl (C=O) groups excluding carboxylic acids is 2. The largest absolute Gasteiger partial charge is 0.299 e. The molecular weight excluding hydrogens is 164 g/mol. The summed E-state index contributed by atoms with van der Waals surface area (Å²) in [4.78, 5) is 23.2. The van der Waals surface area contributed by atoms with Crippen LogP contribution in [-0.2, 0) is 9.59 Å². The molecule has 2 fully saturated rings. The van der Waals surface area contributed by atoms with Crippen molar-refractivity contribution in [2.45, 2.75) is 39.0 Å². The highest BCUT2D eigenvalue weighted by Crippen LogP contribution is 2.40. The van der Waals surface area contributed by atoms with Gasteiger partial charge in [0.25, 0.3) is 0 Å². The number of rotatable bonds is 1. The van der Waals surface area contributed by atoms with Crippen LogP contribution in [0, 0.1) is 17.8 Å². The predicted octanol–water partition coefficient (Wildman–Crippen LogP) is 1.97. The first kappa shape index (κ1) is 8.92. The molecule has 0 bridgehead atoms. The summed E-state index contributed by atoms with van der Waals surface area (Å²) in [5.74, 6) is 1.19. The Kier molecular flexibility index (Phi) is 2.22. The molecule has 0 aromatic carbocycles. The van der Waals surface area contributed by atoms with Gasteiger partial charge in [0.15, 0.2) is 0 Å². The van der Waals surface area contributed by atoms with Crippen molar-refractivity contribution < 1.29 is 9.59 Å². The van der Waals surface area contributed by atoms with Gasteiger partial charge in [0.05, 0.1) is 0 Å². The van der Waals surface area contributed by atoms with Crippen molar-refractivity contribution in [3.8, 4) is 0 Å². The molecule has 3 atom stereocenters. The Balaban J connectivity index is 2.14. The van der Waals surface area contributed by atoms with E-state index in [0.717, 1.165) is 25.7 Å². The van der Waals surface area contributed by atoms with Crippen molar-refractivity contribution in [3.63, 3.8) is 0 Å². The van der Waals surface area contributed by atoms with Gasteiger partial charge >= 0.3 is 0 Å². The third-order valence-corrected chi connectivity index (χ3v) is 3.69. The van der Waals surface area contributed by atoms with Crippen LogP contribution in [0.3, 0.4) is 0 Å². The molecule has 2 saturated carbocycles. The number of ketones is 2. The van der Waals surface area contributed by atoms with Crippen LogP contribution in [0.5, 0.6) is 0 Å². The lowest BCUT2D eigenvalue weighted by Gasteiger charge is -2.28. The van der Waals surface area contributed by atoms with Gasteiger partial charge in [-0.3, -0.25) is 9.59 Å². The second-order valence-corrected chi connectivity index (χ2v) is 4.30. The Labute approximate surface area is 78.7 Å². The molecule has 0 radical (unpaired) electrons. The lowest BCUT2D eigenvalue weighted by molar-refractivity contribution is -0.134. The predicted molar refractivity (Wildman–Crippen MR) is 49.2 cm³/mol. The van der Waals surface area contributed by atoms with Crippen LogP contribution in [0.15, 0.2) is 0 Å². The van der Waals surface area contributed by atoms with Crippen LogP contribution in [0.1, 0.15) is 39.0 Å². The van der Waals surface area contributed by atoms with Gasteiger partial charge in [-0.1, -0.05) is 6.92 Å². The fourth-order valence-electron chi connectivity index (χ4n) is 2.84. The minimum Gasteiger partial charge on any atom is -0.299 e. The summed E-state index contributed by atoms with van der Waals surface area (Å²) in [6.45, 7) is 2.07. The van der Waals surface area contributed by atoms with Crippen molar-refractivity contribution in [3.05, 3.63) is 0 Å². The van der Waals surface area contributed by atoms with E-state index in [1.165, 1.54) is 0 Å². The molecule has 0 amide bonds. The Morgan fingerprint density at radius 1 is 1.15 bits per heavy atom. The lowest BCUT2D eigenvalue weighted by atomic mass is 9.74. The molecule has 2 aliphatic carbocycles. The van der Waals surface area contributed by atoms with Gasteiger partial charge in [0.1, 0.15) is 11.6 Å². The van der Waals surface area contributed by atoms with Crippen molar-refractivity contribution in [2.24, 2.45) is 17.8 Å². The maximum Gasteiger partial charge on any atom is 0.139 e. The van der Waals surface area contributed by atoms with E-state index in [4.69, 9.17) is 0 Å². The minimum atomic E-state index is 0.103. The van der Waals surface area contributed by atoms with E-state index >= 15 is 0 Å². The summed E-state index contributed by atoms with van der Waals surface area (Å²) >= 11 is 0. The van der Waals surface area contributed by atoms with Crippen molar-refractivity contribution >= 4 is 11.6 Å². The molecular formula is C11H16O2. The Morgan fingerprint density at radius 3 is 2.62 bits per heavy atom. The molecule has 3 unspecified atom stereocenters. The van der Waals surface area contributed by atoms with Crippen molar-refractivity contribution in [2.75, 3.05) is 0 Å². The monoisotopic (exact) mass is 180 g/mol. The SMILES string of the molecule is CCC1CCC2C(=O)CCC2C1=O. The summed E-state index contributed by atoms with van der Waals surface area (Å²) in [5, 5.41) is 0. The second-order valence-electron chi connectivity index (χ2n) is 4.30. The topological polar surface area (TPSA) is 34.1 Å². The van der Waals surface area contributed by atoms with Crippen LogP contribution in [0.25, 0.3) is 0 Å². The molecule has 0 aliphatic heterocycles. The van der Waals surface area contributed by atoms with Gasteiger partial charge in [0, 0.05) is 24.2 Å². The molecule has 2 aliphatic rings. The average molecular weight is 180 g/mol. The Bertz CT molecular complexity index is 244. The third kappa shape index (κ3) is 1.32. The first-order valence-corrected chi connectivity index (χ1v) is 5.30. The molecule has 2 nitrogen and oxygen atoms in total. The Hall–Kier alpha value is -0.660. The van der Waals surface area contributed by atoms with Gasteiger partial charge in [0.2, 0.25) is 0 Å². The molecule has 0 heterocycles. The summed E-state index contributed by atoms with van der Waals surface area (Å²) < 4.78 is 0. The highest BCUT2D eigenvalue weighted by Gasteiger charge is 2.44. The van der Waals surface area contributed by atoms with Gasteiger partial charge in [-0.15, -0.1) is 0 Å². The fraction of sp³-hybridized carbons (Fsp3) is 0.818. The van der Waals surface area contributed by atoms with Crippen molar-refractivity contribution in [1.29, 1.82) is 0 Å². The van der Waals surface area contributed by atoms with E-state index in [-0.39, 0.29) is 17.8 Å². The lowest BCUT2D eigenvalue weighted by Crippen LogP contribution is -2.33. The second kappa shape index (κ2) is 3.24. The number of hydrogen-bond donors (Lipinski definition) is 0. The zero-order valence-corrected chi connectivity index (χ0v) is 8.08. The van der Waals surface area contributed by atoms with E-state index in [0.29, 0.717) is 18.0 Å². The van der Waals surface area contributed by atoms with E-state index in [1.54, 1.807) is 0 Å².